The summed E-state index contributed by atoms with van der Waals surface area (Å²) in [5, 5.41) is 0. The summed E-state index contributed by atoms with van der Waals surface area (Å²) < 4.78 is 75.8. The predicted octanol–water partition coefficient (Wildman–Crippen LogP) is 3.34. The molecule has 0 N–H and O–H groups in total. The zero-order valence-electron chi connectivity index (χ0n) is 8.54. The fourth-order valence-corrected chi connectivity index (χ4v) is 2.51. The Morgan fingerprint density at radius 2 is 1.50 bits per heavy atom. The number of alkyl halides is 6. The first-order valence-corrected chi connectivity index (χ1v) is 4.60. The third-order valence-corrected chi connectivity index (χ3v) is 3.35. The smallest absolute Gasteiger partial charge is 0.300 e. The Kier molecular flexibility index (Phi) is 2.80. The molecule has 1 aliphatic rings. The van der Waals surface area contributed by atoms with Gasteiger partial charge in [-0.3, -0.25) is 4.79 Å². The van der Waals surface area contributed by atoms with E-state index >= 15 is 0 Å². The molecule has 0 heterocycles. The highest BCUT2D eigenvalue weighted by Crippen LogP contribution is 2.68. The van der Waals surface area contributed by atoms with Crippen molar-refractivity contribution in [2.75, 3.05) is 0 Å². The molecule has 1 nitrogen and oxygen atoms in total. The van der Waals surface area contributed by atoms with Crippen LogP contribution in [0.4, 0.5) is 26.3 Å². The molecule has 16 heavy (non-hydrogen) atoms. The zero-order valence-corrected chi connectivity index (χ0v) is 8.54. The van der Waals surface area contributed by atoms with Crippen molar-refractivity contribution in [3.63, 3.8) is 0 Å². The largest absolute Gasteiger partial charge is 0.404 e. The number of carbonyl (C=O) groups is 1. The molecule has 0 bridgehead atoms. The Morgan fingerprint density at radius 1 is 1.12 bits per heavy atom. The molecule has 0 radical (unpaired) electrons. The van der Waals surface area contributed by atoms with E-state index in [2.05, 4.69) is 0 Å². The monoisotopic (exact) mass is 248 g/mol. The van der Waals surface area contributed by atoms with Crippen LogP contribution in [0.15, 0.2) is 0 Å². The van der Waals surface area contributed by atoms with E-state index in [1.807, 2.05) is 0 Å². The fourth-order valence-electron chi connectivity index (χ4n) is 2.51. The molecule has 1 aliphatic carbocycles. The van der Waals surface area contributed by atoms with Crippen LogP contribution in [0.5, 0.6) is 0 Å². The van der Waals surface area contributed by atoms with Crippen LogP contribution in [0.25, 0.3) is 0 Å². The lowest BCUT2D eigenvalue weighted by Gasteiger charge is -2.54. The lowest BCUT2D eigenvalue weighted by Crippen LogP contribution is -2.67. The lowest BCUT2D eigenvalue weighted by molar-refractivity contribution is -0.399. The quantitative estimate of drug-likeness (QED) is 0.650. The van der Waals surface area contributed by atoms with E-state index in [-0.39, 0.29) is 6.42 Å². The topological polar surface area (TPSA) is 17.1 Å². The number of hydrogen-bond acceptors (Lipinski definition) is 1. The van der Waals surface area contributed by atoms with Crippen molar-refractivity contribution < 1.29 is 31.1 Å². The van der Waals surface area contributed by atoms with Gasteiger partial charge in [0.25, 0.3) is 0 Å². The molecule has 0 aromatic rings. The Labute approximate surface area is 87.8 Å². The predicted molar refractivity (Wildman–Crippen MR) is 42.5 cm³/mol. The van der Waals surface area contributed by atoms with Crippen LogP contribution in [0.3, 0.4) is 0 Å². The molecule has 0 aliphatic heterocycles. The Hall–Kier alpha value is -0.750. The molecule has 94 valence electrons. The normalized spacial score (nSPS) is 29.8. The average Bonchev–Trinajstić information content (AvgIpc) is 1.92. The average molecular weight is 248 g/mol. The number of hydrogen-bond donors (Lipinski definition) is 0. The van der Waals surface area contributed by atoms with Gasteiger partial charge < -0.3 is 0 Å². The number of carbonyl (C=O) groups excluding carboxylic acids is 1. The van der Waals surface area contributed by atoms with Crippen molar-refractivity contribution in [2.45, 2.75) is 32.6 Å². The van der Waals surface area contributed by atoms with Crippen molar-refractivity contribution in [3.05, 3.63) is 0 Å². The van der Waals surface area contributed by atoms with E-state index in [1.165, 1.54) is 0 Å². The SMILES string of the molecule is CC(=O)C1CC(C)C1(C(F)(F)F)C(F)(F)F. The maximum atomic E-state index is 12.6. The summed E-state index contributed by atoms with van der Waals surface area (Å²) >= 11 is 0. The Morgan fingerprint density at radius 3 is 1.62 bits per heavy atom. The van der Waals surface area contributed by atoms with Crippen molar-refractivity contribution in [2.24, 2.45) is 17.3 Å². The van der Waals surface area contributed by atoms with Crippen LogP contribution < -0.4 is 0 Å². The number of Topliss-reactive ketones (excluding diaryl/α,β-unsaturated/α-hetero) is 1. The molecule has 2 unspecified atom stereocenters. The highest BCUT2D eigenvalue weighted by molar-refractivity contribution is 5.80. The maximum absolute atomic E-state index is 12.6. The lowest BCUT2D eigenvalue weighted by atomic mass is 9.51. The first-order chi connectivity index (χ1) is 6.96. The summed E-state index contributed by atoms with van der Waals surface area (Å²) in [6.07, 6.45) is -11.3. The summed E-state index contributed by atoms with van der Waals surface area (Å²) in [6.45, 7) is 1.64. The van der Waals surface area contributed by atoms with Crippen LogP contribution in [0.2, 0.25) is 0 Å². The fraction of sp³-hybridized carbons (Fsp3) is 0.889. The molecule has 1 fully saturated rings. The van der Waals surface area contributed by atoms with Gasteiger partial charge in [0.15, 0.2) is 5.41 Å². The van der Waals surface area contributed by atoms with Gasteiger partial charge in [0.2, 0.25) is 0 Å². The van der Waals surface area contributed by atoms with E-state index in [4.69, 9.17) is 0 Å². The summed E-state index contributed by atoms with van der Waals surface area (Å²) in [6, 6.07) is 0. The van der Waals surface area contributed by atoms with E-state index in [9.17, 15) is 31.1 Å². The molecule has 1 saturated carbocycles. The second kappa shape index (κ2) is 3.37. The molecule has 0 saturated heterocycles. The van der Waals surface area contributed by atoms with E-state index < -0.39 is 35.4 Å². The highest BCUT2D eigenvalue weighted by atomic mass is 19.4. The third kappa shape index (κ3) is 1.43. The van der Waals surface area contributed by atoms with Gasteiger partial charge in [0.1, 0.15) is 5.78 Å². The van der Waals surface area contributed by atoms with E-state index in [1.54, 1.807) is 0 Å². The van der Waals surface area contributed by atoms with Gasteiger partial charge in [-0.2, -0.15) is 26.3 Å². The molecule has 0 spiro atoms. The summed E-state index contributed by atoms with van der Waals surface area (Å²) in [7, 11) is 0. The molecule has 2 atom stereocenters. The molecule has 0 aromatic heterocycles. The van der Waals surface area contributed by atoms with Gasteiger partial charge in [-0.25, -0.2) is 0 Å². The van der Waals surface area contributed by atoms with Gasteiger partial charge >= 0.3 is 12.4 Å². The zero-order chi connectivity index (χ0) is 12.9. The van der Waals surface area contributed by atoms with Crippen molar-refractivity contribution in [1.82, 2.24) is 0 Å². The van der Waals surface area contributed by atoms with Crippen LogP contribution in [0.1, 0.15) is 20.3 Å². The van der Waals surface area contributed by atoms with Gasteiger partial charge in [-0.15, -0.1) is 0 Å². The third-order valence-electron chi connectivity index (χ3n) is 3.35. The van der Waals surface area contributed by atoms with Gasteiger partial charge in [-0.1, -0.05) is 6.92 Å². The molecular formula is C9H10F6O. The summed E-state index contributed by atoms with van der Waals surface area (Å²) in [5.41, 5.74) is -3.86. The molecule has 1 rings (SSSR count). The molecule has 0 aromatic carbocycles. The summed E-state index contributed by atoms with van der Waals surface area (Å²) in [5.74, 6) is -4.67. The van der Waals surface area contributed by atoms with Crippen LogP contribution in [0, 0.1) is 17.3 Å². The second-order valence-electron chi connectivity index (χ2n) is 4.16. The van der Waals surface area contributed by atoms with Gasteiger partial charge in [-0.05, 0) is 19.3 Å². The summed E-state index contributed by atoms with van der Waals surface area (Å²) in [4.78, 5) is 10.9. The molecular weight excluding hydrogens is 238 g/mol. The molecule has 7 heteroatoms. The second-order valence-corrected chi connectivity index (χ2v) is 4.16. The van der Waals surface area contributed by atoms with Crippen LogP contribution in [-0.4, -0.2) is 18.1 Å². The van der Waals surface area contributed by atoms with Crippen molar-refractivity contribution in [1.29, 1.82) is 0 Å². The minimum absolute atomic E-state index is 0.367. The maximum Gasteiger partial charge on any atom is 0.404 e. The minimum atomic E-state index is -5.45. The minimum Gasteiger partial charge on any atom is -0.300 e. The van der Waals surface area contributed by atoms with Gasteiger partial charge in [0, 0.05) is 5.92 Å². The van der Waals surface area contributed by atoms with Crippen molar-refractivity contribution >= 4 is 5.78 Å². The Bertz CT molecular complexity index is 288. The first-order valence-electron chi connectivity index (χ1n) is 4.60. The molecule has 0 amide bonds. The van der Waals surface area contributed by atoms with Gasteiger partial charge in [0.05, 0.1) is 0 Å². The van der Waals surface area contributed by atoms with E-state index in [0.717, 1.165) is 13.8 Å². The van der Waals surface area contributed by atoms with Crippen molar-refractivity contribution in [3.8, 4) is 0 Å². The number of rotatable bonds is 1. The number of ketones is 1. The van der Waals surface area contributed by atoms with Crippen LogP contribution in [-0.2, 0) is 4.79 Å². The first kappa shape index (κ1) is 13.3. The van der Waals surface area contributed by atoms with E-state index in [0.29, 0.717) is 0 Å². The standard InChI is InChI=1S/C9H10F6O/c1-4-3-6(5(2)16)7(4,8(10,11)12)9(13,14)15/h4,6H,3H2,1-2H3. The highest BCUT2D eigenvalue weighted by Gasteiger charge is 2.81. The number of halogens is 6. The Balaban J connectivity index is 3.30. The van der Waals surface area contributed by atoms with Crippen LogP contribution >= 0.6 is 0 Å².